The number of hydrogen-bond acceptors (Lipinski definition) is 5. The number of aryl methyl sites for hydroxylation is 2. The van der Waals surface area contributed by atoms with Crippen molar-refractivity contribution in [2.45, 2.75) is 64.2 Å². The number of carbonyl (C=O) groups is 3. The average molecular weight is 431 g/mol. The molecule has 6 heteroatoms. The number of carbonyl (C=O) groups excluding carboxylic acids is 2. The van der Waals surface area contributed by atoms with Gasteiger partial charge >= 0.3 is 17.9 Å². The molecule has 6 nitrogen and oxygen atoms in total. The van der Waals surface area contributed by atoms with E-state index in [4.69, 9.17) is 9.47 Å². The van der Waals surface area contributed by atoms with Crippen LogP contribution in [0.15, 0.2) is 43.5 Å². The molecular weight excluding hydrogens is 396 g/mol. The van der Waals surface area contributed by atoms with Crippen molar-refractivity contribution in [2.75, 3.05) is 13.2 Å². The molecule has 0 bridgehead atoms. The molecule has 0 heterocycles. The summed E-state index contributed by atoms with van der Waals surface area (Å²) in [6.45, 7) is 7.54. The first-order valence-corrected chi connectivity index (χ1v) is 10.9. The standard InChI is InChI=1S/C25H34O6/c1-3-23(26)30-17-11-7-5-9-13-20-15-16-22(25(28)29)19-21(20)14-10-6-8-12-18-31-24(27)4-2/h3-4,15-16,19H,1-2,5-14,17-18H2,(H,28,29). The van der Waals surface area contributed by atoms with Crippen LogP contribution in [0.25, 0.3) is 0 Å². The largest absolute Gasteiger partial charge is 0.478 e. The number of benzene rings is 1. The molecule has 0 amide bonds. The van der Waals surface area contributed by atoms with Crippen molar-refractivity contribution in [2.24, 2.45) is 0 Å². The van der Waals surface area contributed by atoms with Crippen molar-refractivity contribution < 1.29 is 29.0 Å². The third kappa shape index (κ3) is 11.8. The van der Waals surface area contributed by atoms with E-state index in [0.717, 1.165) is 75.8 Å². The second-order valence-electron chi connectivity index (χ2n) is 7.36. The van der Waals surface area contributed by atoms with E-state index in [0.29, 0.717) is 18.8 Å². The molecule has 0 atom stereocenters. The van der Waals surface area contributed by atoms with Crippen LogP contribution in [-0.2, 0) is 31.9 Å². The Balaban J connectivity index is 2.39. The molecule has 1 aromatic carbocycles. The van der Waals surface area contributed by atoms with Crippen molar-refractivity contribution in [1.82, 2.24) is 0 Å². The van der Waals surface area contributed by atoms with E-state index < -0.39 is 11.9 Å². The summed E-state index contributed by atoms with van der Waals surface area (Å²) in [7, 11) is 0. The third-order valence-electron chi connectivity index (χ3n) is 4.96. The van der Waals surface area contributed by atoms with Gasteiger partial charge in [0.25, 0.3) is 0 Å². The molecule has 31 heavy (non-hydrogen) atoms. The Kier molecular flexibility index (Phi) is 13.4. The zero-order valence-electron chi connectivity index (χ0n) is 18.3. The van der Waals surface area contributed by atoms with Gasteiger partial charge in [-0.1, -0.05) is 44.9 Å². The summed E-state index contributed by atoms with van der Waals surface area (Å²) in [6, 6.07) is 5.39. The molecule has 0 spiro atoms. The maximum Gasteiger partial charge on any atom is 0.335 e. The summed E-state index contributed by atoms with van der Waals surface area (Å²) >= 11 is 0. The van der Waals surface area contributed by atoms with Crippen LogP contribution in [0.3, 0.4) is 0 Å². The number of aromatic carboxylic acids is 1. The van der Waals surface area contributed by atoms with Crippen LogP contribution in [0.4, 0.5) is 0 Å². The topological polar surface area (TPSA) is 89.9 Å². The number of ether oxygens (including phenoxy) is 2. The monoisotopic (exact) mass is 430 g/mol. The Labute approximate surface area is 184 Å². The van der Waals surface area contributed by atoms with Crippen molar-refractivity contribution >= 4 is 17.9 Å². The summed E-state index contributed by atoms with van der Waals surface area (Å²) in [5.74, 6) is -1.69. The van der Waals surface area contributed by atoms with E-state index >= 15 is 0 Å². The maximum absolute atomic E-state index is 11.3. The van der Waals surface area contributed by atoms with Gasteiger partial charge in [-0.2, -0.15) is 0 Å². The Morgan fingerprint density at radius 2 is 1.23 bits per heavy atom. The highest BCUT2D eigenvalue weighted by atomic mass is 16.5. The maximum atomic E-state index is 11.3. The number of carboxylic acid groups (broad SMARTS) is 1. The Hall–Kier alpha value is -2.89. The van der Waals surface area contributed by atoms with E-state index in [2.05, 4.69) is 13.2 Å². The average Bonchev–Trinajstić information content (AvgIpc) is 2.77. The number of rotatable bonds is 17. The lowest BCUT2D eigenvalue weighted by atomic mass is 9.95. The normalized spacial score (nSPS) is 10.3. The second kappa shape index (κ2) is 15.9. The van der Waals surface area contributed by atoms with E-state index in [9.17, 15) is 19.5 Å². The fraction of sp³-hybridized carbons (Fsp3) is 0.480. The summed E-state index contributed by atoms with van der Waals surface area (Å²) in [6.07, 6.45) is 11.6. The van der Waals surface area contributed by atoms with Crippen LogP contribution in [0.5, 0.6) is 0 Å². The molecule has 0 radical (unpaired) electrons. The lowest BCUT2D eigenvalue weighted by molar-refractivity contribution is -0.138. The molecule has 0 aliphatic carbocycles. The predicted octanol–water partition coefficient (Wildman–Crippen LogP) is 5.05. The minimum Gasteiger partial charge on any atom is -0.478 e. The minimum absolute atomic E-state index is 0.319. The predicted molar refractivity (Wildman–Crippen MR) is 120 cm³/mol. The SMILES string of the molecule is C=CC(=O)OCCCCCCc1ccc(C(=O)O)cc1CCCCCCOC(=O)C=C. The van der Waals surface area contributed by atoms with Gasteiger partial charge < -0.3 is 14.6 Å². The number of carboxylic acids is 1. The molecule has 1 rings (SSSR count). The molecule has 1 aromatic rings. The van der Waals surface area contributed by atoms with Crippen molar-refractivity contribution in [1.29, 1.82) is 0 Å². The van der Waals surface area contributed by atoms with Crippen molar-refractivity contribution in [3.8, 4) is 0 Å². The van der Waals surface area contributed by atoms with Gasteiger partial charge in [-0.05, 0) is 61.8 Å². The summed E-state index contributed by atoms with van der Waals surface area (Å²) in [4.78, 5) is 33.3. The molecule has 0 aromatic heterocycles. The summed E-state index contributed by atoms with van der Waals surface area (Å²) in [5.41, 5.74) is 2.61. The van der Waals surface area contributed by atoms with E-state index in [1.165, 1.54) is 11.6 Å². The van der Waals surface area contributed by atoms with Gasteiger partial charge in [-0.3, -0.25) is 0 Å². The summed E-state index contributed by atoms with van der Waals surface area (Å²) < 4.78 is 9.93. The van der Waals surface area contributed by atoms with Gasteiger partial charge in [0.1, 0.15) is 0 Å². The molecule has 0 aliphatic rings. The highest BCUT2D eigenvalue weighted by Gasteiger charge is 2.09. The van der Waals surface area contributed by atoms with Gasteiger partial charge in [0.15, 0.2) is 0 Å². The van der Waals surface area contributed by atoms with E-state index in [1.807, 2.05) is 6.07 Å². The van der Waals surface area contributed by atoms with Gasteiger partial charge in [-0.15, -0.1) is 0 Å². The van der Waals surface area contributed by atoms with Crippen LogP contribution >= 0.6 is 0 Å². The zero-order valence-corrected chi connectivity index (χ0v) is 18.3. The van der Waals surface area contributed by atoms with Crippen molar-refractivity contribution in [3.05, 3.63) is 60.2 Å². The smallest absolute Gasteiger partial charge is 0.335 e. The quantitative estimate of drug-likeness (QED) is 0.211. The number of unbranched alkanes of at least 4 members (excludes halogenated alkanes) is 6. The fourth-order valence-corrected chi connectivity index (χ4v) is 3.24. The Morgan fingerprint density at radius 3 is 1.71 bits per heavy atom. The number of esters is 2. The molecule has 0 aliphatic heterocycles. The zero-order chi connectivity index (χ0) is 22.9. The molecule has 1 N–H and O–H groups in total. The van der Waals surface area contributed by atoms with Crippen LogP contribution < -0.4 is 0 Å². The molecular formula is C25H34O6. The summed E-state index contributed by atoms with van der Waals surface area (Å²) in [5, 5.41) is 9.30. The lowest BCUT2D eigenvalue weighted by Crippen LogP contribution is -2.03. The first kappa shape index (κ1) is 26.1. The second-order valence-corrected chi connectivity index (χ2v) is 7.36. The highest BCUT2D eigenvalue weighted by molar-refractivity contribution is 5.87. The molecule has 170 valence electrons. The van der Waals surface area contributed by atoms with Crippen LogP contribution in [0.2, 0.25) is 0 Å². The Morgan fingerprint density at radius 1 is 0.742 bits per heavy atom. The third-order valence-corrected chi connectivity index (χ3v) is 4.96. The van der Waals surface area contributed by atoms with Gasteiger partial charge in [0.2, 0.25) is 0 Å². The first-order valence-electron chi connectivity index (χ1n) is 10.9. The van der Waals surface area contributed by atoms with Gasteiger partial charge in [0, 0.05) is 12.2 Å². The van der Waals surface area contributed by atoms with Crippen LogP contribution in [0, 0.1) is 0 Å². The molecule has 0 saturated heterocycles. The van der Waals surface area contributed by atoms with Crippen LogP contribution in [-0.4, -0.2) is 36.2 Å². The fourth-order valence-electron chi connectivity index (χ4n) is 3.24. The highest BCUT2D eigenvalue weighted by Crippen LogP contribution is 2.19. The lowest BCUT2D eigenvalue weighted by Gasteiger charge is -2.11. The first-order chi connectivity index (χ1) is 15.0. The van der Waals surface area contributed by atoms with Crippen molar-refractivity contribution in [3.63, 3.8) is 0 Å². The molecule has 0 fully saturated rings. The molecule has 0 saturated carbocycles. The van der Waals surface area contributed by atoms with E-state index in [-0.39, 0.29) is 5.97 Å². The van der Waals surface area contributed by atoms with E-state index in [1.54, 1.807) is 12.1 Å². The Bertz CT molecular complexity index is 738. The van der Waals surface area contributed by atoms with Gasteiger partial charge in [-0.25, -0.2) is 14.4 Å². The minimum atomic E-state index is -0.911. The number of hydrogen-bond donors (Lipinski definition) is 1. The molecule has 0 unspecified atom stereocenters. The van der Waals surface area contributed by atoms with Crippen LogP contribution in [0.1, 0.15) is 72.9 Å². The van der Waals surface area contributed by atoms with Gasteiger partial charge in [0.05, 0.1) is 18.8 Å².